The van der Waals surface area contributed by atoms with E-state index in [-0.39, 0.29) is 5.82 Å². The van der Waals surface area contributed by atoms with Gasteiger partial charge in [0.05, 0.1) is 5.69 Å². The van der Waals surface area contributed by atoms with Crippen LogP contribution in [0.15, 0.2) is 48.7 Å². The Balaban J connectivity index is 1.52. The Hall–Kier alpha value is -2.25. The van der Waals surface area contributed by atoms with Crippen molar-refractivity contribution in [3.63, 3.8) is 0 Å². The molecule has 196 valence electrons. The normalized spacial score (nSPS) is 18.8. The second-order valence-electron chi connectivity index (χ2n) is 10.5. The molecule has 2 N–H and O–H groups in total. The van der Waals surface area contributed by atoms with Crippen LogP contribution < -0.4 is 10.2 Å². The molecule has 37 heavy (non-hydrogen) atoms. The minimum absolute atomic E-state index is 0.260. The molecule has 2 aromatic carbocycles. The topological polar surface area (TPSA) is 61.3 Å². The van der Waals surface area contributed by atoms with E-state index in [1.54, 1.807) is 18.3 Å². The van der Waals surface area contributed by atoms with E-state index >= 15 is 0 Å². The summed E-state index contributed by atoms with van der Waals surface area (Å²) in [5.41, 5.74) is 2.91. The van der Waals surface area contributed by atoms with Crippen molar-refractivity contribution in [1.82, 2.24) is 15.3 Å². The number of rotatable bonds is 7. The van der Waals surface area contributed by atoms with Gasteiger partial charge in [0.15, 0.2) is 0 Å². The molecule has 1 saturated heterocycles. The number of aliphatic hydroxyl groups is 1. The molecule has 5 rings (SSSR count). The van der Waals surface area contributed by atoms with Gasteiger partial charge in [0.25, 0.3) is 0 Å². The second kappa shape index (κ2) is 11.2. The molecule has 1 atom stereocenters. The Bertz CT molecular complexity index is 1230. The summed E-state index contributed by atoms with van der Waals surface area (Å²) in [6, 6.07) is 12.1. The number of hydrogen-bond acceptors (Lipinski definition) is 5. The number of nitrogens with one attached hydrogen (secondary N) is 1. The fourth-order valence-corrected chi connectivity index (χ4v) is 6.19. The van der Waals surface area contributed by atoms with Gasteiger partial charge in [0.2, 0.25) is 5.95 Å². The van der Waals surface area contributed by atoms with Gasteiger partial charge in [-0.25, -0.2) is 14.4 Å². The number of aliphatic hydroxyl groups excluding tert-OH is 1. The van der Waals surface area contributed by atoms with E-state index in [9.17, 15) is 9.50 Å². The first-order valence-corrected chi connectivity index (χ1v) is 13.8. The van der Waals surface area contributed by atoms with E-state index in [0.29, 0.717) is 34.0 Å². The summed E-state index contributed by atoms with van der Waals surface area (Å²) >= 11 is 12.4. The Morgan fingerprint density at radius 3 is 2.49 bits per heavy atom. The lowest BCUT2D eigenvalue weighted by molar-refractivity contribution is 0.134. The molecular weight excluding hydrogens is 510 g/mol. The molecule has 0 amide bonds. The second-order valence-corrected chi connectivity index (χ2v) is 11.3. The number of aromatic nitrogens is 2. The molecule has 2 aliphatic rings. The molecule has 0 bridgehead atoms. The Kier molecular flexibility index (Phi) is 8.01. The Morgan fingerprint density at radius 2 is 1.81 bits per heavy atom. The average molecular weight is 544 g/mol. The number of piperidine rings is 1. The average Bonchev–Trinajstić information content (AvgIpc) is 3.40. The molecule has 0 radical (unpaired) electrons. The van der Waals surface area contributed by atoms with Crippen LogP contribution in [-0.2, 0) is 12.0 Å². The number of nitrogens with zero attached hydrogens (tertiary/aromatic N) is 3. The maximum atomic E-state index is 13.9. The quantitative estimate of drug-likeness (QED) is 0.321. The summed E-state index contributed by atoms with van der Waals surface area (Å²) < 4.78 is 13.9. The van der Waals surface area contributed by atoms with Gasteiger partial charge in [-0.2, -0.15) is 0 Å². The lowest BCUT2D eigenvalue weighted by Crippen LogP contribution is -2.36. The zero-order valence-corrected chi connectivity index (χ0v) is 22.6. The third kappa shape index (κ3) is 5.63. The molecule has 1 saturated carbocycles. The van der Waals surface area contributed by atoms with E-state index < -0.39 is 11.6 Å². The lowest BCUT2D eigenvalue weighted by atomic mass is 9.74. The van der Waals surface area contributed by atoms with Crippen molar-refractivity contribution in [3.8, 4) is 0 Å². The van der Waals surface area contributed by atoms with Crippen LogP contribution in [-0.4, -0.2) is 28.2 Å². The molecule has 0 spiro atoms. The summed E-state index contributed by atoms with van der Waals surface area (Å²) in [6.07, 6.45) is 6.83. The van der Waals surface area contributed by atoms with Crippen molar-refractivity contribution in [2.75, 3.05) is 18.0 Å². The first-order chi connectivity index (χ1) is 17.9. The largest absolute Gasteiger partial charge is 0.374 e. The van der Waals surface area contributed by atoms with Crippen molar-refractivity contribution in [3.05, 3.63) is 86.9 Å². The number of halogens is 3. The molecule has 3 aromatic rings. The summed E-state index contributed by atoms with van der Waals surface area (Å²) in [4.78, 5) is 12.1. The first-order valence-electron chi connectivity index (χ1n) is 13.1. The predicted molar refractivity (Wildman–Crippen MR) is 147 cm³/mol. The predicted octanol–water partition coefficient (Wildman–Crippen LogP) is 6.80. The van der Waals surface area contributed by atoms with Gasteiger partial charge in [0, 0.05) is 46.9 Å². The van der Waals surface area contributed by atoms with E-state index in [0.717, 1.165) is 68.4 Å². The third-order valence-electron chi connectivity index (χ3n) is 7.97. The molecule has 1 aliphatic carbocycles. The number of hydrogen-bond donors (Lipinski definition) is 2. The van der Waals surface area contributed by atoms with Crippen LogP contribution in [0.5, 0.6) is 0 Å². The maximum Gasteiger partial charge on any atom is 0.225 e. The van der Waals surface area contributed by atoms with Gasteiger partial charge >= 0.3 is 0 Å². The zero-order chi connectivity index (χ0) is 26.0. The minimum Gasteiger partial charge on any atom is -0.374 e. The zero-order valence-electron chi connectivity index (χ0n) is 21.1. The van der Waals surface area contributed by atoms with Crippen LogP contribution in [0, 0.1) is 11.7 Å². The van der Waals surface area contributed by atoms with Crippen LogP contribution in [0.1, 0.15) is 74.1 Å². The molecule has 2 fully saturated rings. The summed E-state index contributed by atoms with van der Waals surface area (Å²) in [7, 11) is 0. The molecule has 1 aromatic heterocycles. The smallest absolute Gasteiger partial charge is 0.225 e. The fraction of sp³-hybridized carbons (Fsp3) is 0.448. The van der Waals surface area contributed by atoms with Crippen molar-refractivity contribution < 1.29 is 9.50 Å². The van der Waals surface area contributed by atoms with Crippen molar-refractivity contribution in [2.45, 2.75) is 63.6 Å². The summed E-state index contributed by atoms with van der Waals surface area (Å²) in [5.74, 6) is 1.14. The molecule has 1 aliphatic heterocycles. The molecule has 2 heterocycles. The highest BCUT2D eigenvalue weighted by Crippen LogP contribution is 2.48. The highest BCUT2D eigenvalue weighted by molar-refractivity contribution is 6.35. The van der Waals surface area contributed by atoms with E-state index in [2.05, 4.69) is 17.1 Å². The summed E-state index contributed by atoms with van der Waals surface area (Å²) in [5, 5.41) is 15.7. The minimum atomic E-state index is -1.00. The highest BCUT2D eigenvalue weighted by Gasteiger charge is 2.42. The van der Waals surface area contributed by atoms with Crippen molar-refractivity contribution >= 4 is 29.2 Å². The van der Waals surface area contributed by atoms with E-state index in [1.807, 2.05) is 18.2 Å². The monoisotopic (exact) mass is 542 g/mol. The number of benzene rings is 2. The number of anilines is 1. The van der Waals surface area contributed by atoms with Crippen LogP contribution in [0.3, 0.4) is 0 Å². The van der Waals surface area contributed by atoms with Gasteiger partial charge in [0.1, 0.15) is 12.0 Å². The molecule has 5 nitrogen and oxygen atoms in total. The third-order valence-corrected chi connectivity index (χ3v) is 8.56. The van der Waals surface area contributed by atoms with Gasteiger partial charge in [-0.15, -0.1) is 0 Å². The van der Waals surface area contributed by atoms with Crippen molar-refractivity contribution in [2.24, 2.45) is 5.92 Å². The van der Waals surface area contributed by atoms with Crippen LogP contribution in [0.2, 0.25) is 10.0 Å². The SMILES string of the molecule is CC1CCN(c2ncc(C(O)NCc3ccc(Cl)cc3Cl)c(C3(c4ccc(F)cc4)CCCC3)n2)CC1. The first kappa shape index (κ1) is 26.4. The van der Waals surface area contributed by atoms with Gasteiger partial charge in [-0.3, -0.25) is 5.32 Å². The summed E-state index contributed by atoms with van der Waals surface area (Å²) in [6.45, 7) is 4.47. The molecule has 1 unspecified atom stereocenters. The van der Waals surface area contributed by atoms with E-state index in [4.69, 9.17) is 33.2 Å². The Labute approximate surface area is 228 Å². The van der Waals surface area contributed by atoms with Crippen LogP contribution >= 0.6 is 23.2 Å². The van der Waals surface area contributed by atoms with Crippen LogP contribution in [0.4, 0.5) is 10.3 Å². The van der Waals surface area contributed by atoms with Crippen LogP contribution in [0.25, 0.3) is 0 Å². The van der Waals surface area contributed by atoms with Gasteiger partial charge in [-0.05, 0) is 67.0 Å². The van der Waals surface area contributed by atoms with Gasteiger partial charge < -0.3 is 10.0 Å². The molecule has 8 heteroatoms. The fourth-order valence-electron chi connectivity index (χ4n) is 5.72. The molecular formula is C29H33Cl2FN4O. The lowest BCUT2D eigenvalue weighted by Gasteiger charge is -2.35. The standard InChI is InChI=1S/C29H33Cl2FN4O/c1-19-10-14-36(15-11-19)28-34-18-24(27(37)33-17-20-4-7-22(30)16-25(20)31)26(35-28)29(12-2-3-13-29)21-5-8-23(32)9-6-21/h4-9,16,18-19,27,33,37H,2-3,10-15,17H2,1H3. The highest BCUT2D eigenvalue weighted by atomic mass is 35.5. The maximum absolute atomic E-state index is 13.9. The Morgan fingerprint density at radius 1 is 1.11 bits per heavy atom. The van der Waals surface area contributed by atoms with Crippen molar-refractivity contribution in [1.29, 1.82) is 0 Å². The van der Waals surface area contributed by atoms with E-state index in [1.165, 1.54) is 12.1 Å². The van der Waals surface area contributed by atoms with Gasteiger partial charge in [-0.1, -0.05) is 61.2 Å².